The van der Waals surface area contributed by atoms with Gasteiger partial charge in [0.25, 0.3) is 0 Å². The van der Waals surface area contributed by atoms with E-state index in [0.717, 1.165) is 5.69 Å². The summed E-state index contributed by atoms with van der Waals surface area (Å²) >= 11 is 0. The third kappa shape index (κ3) is 3.16. The third-order valence-electron chi connectivity index (χ3n) is 2.10. The van der Waals surface area contributed by atoms with Crippen molar-refractivity contribution in [2.24, 2.45) is 0 Å². The number of anilines is 1. The highest BCUT2D eigenvalue weighted by Crippen LogP contribution is 2.12. The van der Waals surface area contributed by atoms with Crippen LogP contribution in [0.2, 0.25) is 0 Å². The number of nitrogens with one attached hydrogen (secondary N) is 1. The molecule has 0 aliphatic rings. The Morgan fingerprint density at radius 2 is 2.11 bits per heavy atom. The van der Waals surface area contributed by atoms with Crippen molar-refractivity contribution in [3.8, 4) is 5.88 Å². The minimum Gasteiger partial charge on any atom is -0.478 e. The van der Waals surface area contributed by atoms with Crippen molar-refractivity contribution in [1.82, 2.24) is 20.1 Å². The molecule has 0 aliphatic heterocycles. The Morgan fingerprint density at radius 3 is 2.78 bits per heavy atom. The van der Waals surface area contributed by atoms with Crippen LogP contribution in [0.25, 0.3) is 0 Å². The second-order valence-electron chi connectivity index (χ2n) is 3.69. The Balaban J connectivity index is 2.04. The molecule has 0 saturated heterocycles. The lowest BCUT2D eigenvalue weighted by Crippen LogP contribution is -2.07. The van der Waals surface area contributed by atoms with Crippen LogP contribution in [-0.2, 0) is 6.54 Å². The highest BCUT2D eigenvalue weighted by Gasteiger charge is 2.05. The summed E-state index contributed by atoms with van der Waals surface area (Å²) in [5.74, 6) is 2.14. The third-order valence-corrected chi connectivity index (χ3v) is 2.10. The molecule has 2 aromatic heterocycles. The number of hydrogen-bond acceptors (Lipinski definition) is 7. The Bertz CT molecular complexity index is 526. The number of nitrogens with zero attached hydrogens (tertiary/aromatic N) is 4. The van der Waals surface area contributed by atoms with Crippen molar-refractivity contribution in [1.29, 1.82) is 0 Å². The molecular weight excluding hydrogens is 234 g/mol. The maximum atomic E-state index is 5.34. The van der Waals surface area contributed by atoms with Gasteiger partial charge in [0.1, 0.15) is 0 Å². The van der Waals surface area contributed by atoms with E-state index in [4.69, 9.17) is 9.26 Å². The van der Waals surface area contributed by atoms with Gasteiger partial charge >= 0.3 is 0 Å². The molecule has 0 unspecified atom stereocenters. The molecule has 0 aliphatic carbocycles. The van der Waals surface area contributed by atoms with Crippen LogP contribution in [0.3, 0.4) is 0 Å². The minimum absolute atomic E-state index is 0.409. The molecule has 0 radical (unpaired) electrons. The average molecular weight is 249 g/mol. The first-order chi connectivity index (χ1) is 8.67. The van der Waals surface area contributed by atoms with E-state index in [1.807, 2.05) is 13.8 Å². The normalized spacial score (nSPS) is 10.4. The molecule has 0 aromatic carbocycles. The van der Waals surface area contributed by atoms with Gasteiger partial charge < -0.3 is 14.6 Å². The van der Waals surface area contributed by atoms with Crippen LogP contribution in [0.15, 0.2) is 10.6 Å². The minimum atomic E-state index is 0.409. The zero-order valence-corrected chi connectivity index (χ0v) is 10.6. The van der Waals surface area contributed by atoms with Crippen LogP contribution in [-0.4, -0.2) is 26.7 Å². The largest absolute Gasteiger partial charge is 0.478 e. The number of hydrogen-bond donors (Lipinski definition) is 1. The molecule has 2 heterocycles. The molecule has 0 saturated carbocycles. The summed E-state index contributed by atoms with van der Waals surface area (Å²) < 4.78 is 10.2. The Labute approximate surface area is 105 Å². The first kappa shape index (κ1) is 12.3. The van der Waals surface area contributed by atoms with E-state index >= 15 is 0 Å². The van der Waals surface area contributed by atoms with Gasteiger partial charge in [0.05, 0.1) is 13.2 Å². The molecule has 2 rings (SSSR count). The van der Waals surface area contributed by atoms with Gasteiger partial charge in [-0.1, -0.05) is 5.16 Å². The van der Waals surface area contributed by atoms with Gasteiger partial charge in [0.15, 0.2) is 5.82 Å². The Kier molecular flexibility index (Phi) is 3.71. The van der Waals surface area contributed by atoms with Crippen molar-refractivity contribution < 1.29 is 9.26 Å². The van der Waals surface area contributed by atoms with Crippen LogP contribution in [0.1, 0.15) is 24.3 Å². The number of aryl methyl sites for hydroxylation is 2. The van der Waals surface area contributed by atoms with Crippen molar-refractivity contribution in [3.63, 3.8) is 0 Å². The Morgan fingerprint density at radius 1 is 1.28 bits per heavy atom. The van der Waals surface area contributed by atoms with E-state index < -0.39 is 0 Å². The lowest BCUT2D eigenvalue weighted by atomic mass is 10.4. The fourth-order valence-electron chi connectivity index (χ4n) is 1.41. The maximum absolute atomic E-state index is 5.34. The molecule has 96 valence electrons. The fourth-order valence-corrected chi connectivity index (χ4v) is 1.41. The molecular formula is C11H15N5O2. The molecule has 7 nitrogen and oxygen atoms in total. The van der Waals surface area contributed by atoms with E-state index in [0.29, 0.717) is 36.7 Å². The number of aromatic nitrogens is 4. The molecule has 2 aromatic rings. The number of ether oxygens (including phenoxy) is 1. The van der Waals surface area contributed by atoms with Crippen LogP contribution in [0, 0.1) is 13.8 Å². The molecule has 0 fully saturated rings. The van der Waals surface area contributed by atoms with Gasteiger partial charge in [0.2, 0.25) is 17.7 Å². The van der Waals surface area contributed by atoms with Crippen molar-refractivity contribution in [2.75, 3.05) is 11.9 Å². The van der Waals surface area contributed by atoms with E-state index in [9.17, 15) is 0 Å². The van der Waals surface area contributed by atoms with Crippen LogP contribution < -0.4 is 10.1 Å². The average Bonchev–Trinajstić information content (AvgIpc) is 2.72. The summed E-state index contributed by atoms with van der Waals surface area (Å²) in [6.45, 7) is 6.51. The second-order valence-corrected chi connectivity index (χ2v) is 3.69. The first-order valence-electron chi connectivity index (χ1n) is 5.69. The zero-order chi connectivity index (χ0) is 13.0. The fraction of sp³-hybridized carbons (Fsp3) is 0.455. The second kappa shape index (κ2) is 5.44. The van der Waals surface area contributed by atoms with Gasteiger partial charge in [-0.25, -0.2) is 4.98 Å². The van der Waals surface area contributed by atoms with E-state index in [1.165, 1.54) is 0 Å². The topological polar surface area (TPSA) is 86.0 Å². The van der Waals surface area contributed by atoms with Crippen LogP contribution >= 0.6 is 0 Å². The van der Waals surface area contributed by atoms with Crippen molar-refractivity contribution >= 4 is 5.95 Å². The van der Waals surface area contributed by atoms with Crippen LogP contribution in [0.4, 0.5) is 5.95 Å². The lowest BCUT2D eigenvalue weighted by Gasteiger charge is -2.06. The van der Waals surface area contributed by atoms with E-state index in [2.05, 4.69) is 25.4 Å². The SMILES string of the molecule is CCOc1cc(C)nc(NCc2noc(C)n2)n1. The summed E-state index contributed by atoms with van der Waals surface area (Å²) in [5, 5.41) is 6.80. The number of rotatable bonds is 5. The summed E-state index contributed by atoms with van der Waals surface area (Å²) in [6, 6.07) is 1.78. The molecule has 7 heteroatoms. The predicted molar refractivity (Wildman–Crippen MR) is 64.3 cm³/mol. The first-order valence-corrected chi connectivity index (χ1v) is 5.69. The molecule has 0 bridgehead atoms. The van der Waals surface area contributed by atoms with Gasteiger partial charge in [-0.3, -0.25) is 0 Å². The van der Waals surface area contributed by atoms with Gasteiger partial charge in [0, 0.05) is 18.7 Å². The van der Waals surface area contributed by atoms with Gasteiger partial charge in [-0.15, -0.1) is 0 Å². The van der Waals surface area contributed by atoms with Crippen LogP contribution in [0.5, 0.6) is 5.88 Å². The molecule has 0 atom stereocenters. The standard InChI is InChI=1S/C11H15N5O2/c1-4-17-10-5-7(2)13-11(15-10)12-6-9-14-8(3)18-16-9/h5H,4,6H2,1-3H3,(H,12,13,15). The smallest absolute Gasteiger partial charge is 0.226 e. The summed E-state index contributed by atoms with van der Waals surface area (Å²) in [4.78, 5) is 12.5. The van der Waals surface area contributed by atoms with Gasteiger partial charge in [-0.2, -0.15) is 9.97 Å². The zero-order valence-electron chi connectivity index (χ0n) is 10.6. The quantitative estimate of drug-likeness (QED) is 0.858. The van der Waals surface area contributed by atoms with E-state index in [-0.39, 0.29) is 0 Å². The molecule has 1 N–H and O–H groups in total. The lowest BCUT2D eigenvalue weighted by molar-refractivity contribution is 0.326. The van der Waals surface area contributed by atoms with Gasteiger partial charge in [-0.05, 0) is 13.8 Å². The monoisotopic (exact) mass is 249 g/mol. The summed E-state index contributed by atoms with van der Waals surface area (Å²) in [7, 11) is 0. The summed E-state index contributed by atoms with van der Waals surface area (Å²) in [5.41, 5.74) is 0.834. The van der Waals surface area contributed by atoms with Crippen molar-refractivity contribution in [2.45, 2.75) is 27.3 Å². The summed E-state index contributed by atoms with van der Waals surface area (Å²) in [6.07, 6.45) is 0. The molecule has 18 heavy (non-hydrogen) atoms. The van der Waals surface area contributed by atoms with Crippen molar-refractivity contribution in [3.05, 3.63) is 23.5 Å². The molecule has 0 amide bonds. The predicted octanol–water partition coefficient (Wildman–Crippen LogP) is 1.49. The Hall–Kier alpha value is -2.18. The maximum Gasteiger partial charge on any atom is 0.226 e. The highest BCUT2D eigenvalue weighted by molar-refractivity contribution is 5.30. The van der Waals surface area contributed by atoms with E-state index in [1.54, 1.807) is 13.0 Å². The highest BCUT2D eigenvalue weighted by atomic mass is 16.5. The molecule has 0 spiro atoms.